The first-order valence-electron chi connectivity index (χ1n) is 3.36. The third kappa shape index (κ3) is 2.19. The lowest BCUT2D eigenvalue weighted by Crippen LogP contribution is -1.99. The van der Waals surface area contributed by atoms with Gasteiger partial charge in [0.15, 0.2) is 5.17 Å². The van der Waals surface area contributed by atoms with Gasteiger partial charge in [-0.3, -0.25) is 0 Å². The van der Waals surface area contributed by atoms with Crippen molar-refractivity contribution in [2.24, 2.45) is 5.16 Å². The normalized spacial score (nSPS) is 11.3. The van der Waals surface area contributed by atoms with E-state index in [4.69, 9.17) is 21.9 Å². The van der Waals surface area contributed by atoms with Gasteiger partial charge in [-0.2, -0.15) is 0 Å². The fourth-order valence-corrected chi connectivity index (χ4v) is 0.956. The summed E-state index contributed by atoms with van der Waals surface area (Å²) in [6.45, 7) is 0. The van der Waals surface area contributed by atoms with E-state index in [2.05, 4.69) is 5.16 Å². The molecule has 0 aliphatic heterocycles. The van der Waals surface area contributed by atoms with Crippen molar-refractivity contribution in [2.75, 3.05) is 0 Å². The third-order valence-corrected chi connectivity index (χ3v) is 1.73. The summed E-state index contributed by atoms with van der Waals surface area (Å²) in [4.78, 5) is 10.5. The second kappa shape index (κ2) is 3.91. The van der Waals surface area contributed by atoms with E-state index >= 15 is 0 Å². The minimum atomic E-state index is -1.05. The molecule has 0 bridgehead atoms. The average Bonchev–Trinajstić information content (AvgIpc) is 2.17. The Bertz CT molecular complexity index is 362. The van der Waals surface area contributed by atoms with E-state index in [0.717, 1.165) is 0 Å². The van der Waals surface area contributed by atoms with Crippen LogP contribution in [0.15, 0.2) is 29.4 Å². The molecule has 0 unspecified atom stereocenters. The zero-order chi connectivity index (χ0) is 9.84. The molecule has 0 heterocycles. The van der Waals surface area contributed by atoms with Crippen LogP contribution < -0.4 is 0 Å². The summed E-state index contributed by atoms with van der Waals surface area (Å²) in [6, 6.07) is 5.82. The Morgan fingerprint density at radius 2 is 2.00 bits per heavy atom. The van der Waals surface area contributed by atoms with E-state index in [-0.39, 0.29) is 10.7 Å². The molecule has 0 atom stereocenters. The summed E-state index contributed by atoms with van der Waals surface area (Å²) in [7, 11) is 0. The van der Waals surface area contributed by atoms with Crippen LogP contribution in [0, 0.1) is 0 Å². The molecular formula is C8H6ClNO3. The fourth-order valence-electron chi connectivity index (χ4n) is 0.838. The van der Waals surface area contributed by atoms with E-state index in [1.807, 2.05) is 0 Å². The van der Waals surface area contributed by atoms with Crippen LogP contribution in [0.5, 0.6) is 0 Å². The number of halogens is 1. The summed E-state index contributed by atoms with van der Waals surface area (Å²) < 4.78 is 0. The molecule has 1 aromatic carbocycles. The summed E-state index contributed by atoms with van der Waals surface area (Å²) in [5.74, 6) is -1.05. The van der Waals surface area contributed by atoms with Gasteiger partial charge in [-0.15, -0.1) is 0 Å². The van der Waals surface area contributed by atoms with Crippen LogP contribution in [0.3, 0.4) is 0 Å². The molecule has 0 spiro atoms. The van der Waals surface area contributed by atoms with E-state index in [1.54, 1.807) is 6.07 Å². The van der Waals surface area contributed by atoms with Crippen molar-refractivity contribution >= 4 is 22.7 Å². The van der Waals surface area contributed by atoms with Crippen molar-refractivity contribution in [1.29, 1.82) is 0 Å². The monoisotopic (exact) mass is 199 g/mol. The van der Waals surface area contributed by atoms with Gasteiger partial charge < -0.3 is 10.3 Å². The van der Waals surface area contributed by atoms with Crippen molar-refractivity contribution in [3.8, 4) is 0 Å². The van der Waals surface area contributed by atoms with Gasteiger partial charge in [0, 0.05) is 5.56 Å². The summed E-state index contributed by atoms with van der Waals surface area (Å²) in [6.07, 6.45) is 0. The number of carboxylic acids is 1. The number of carboxylic acid groups (broad SMARTS) is 1. The summed E-state index contributed by atoms with van der Waals surface area (Å²) in [5, 5.41) is 19.6. The number of benzene rings is 1. The van der Waals surface area contributed by atoms with Gasteiger partial charge in [0.05, 0.1) is 5.56 Å². The van der Waals surface area contributed by atoms with Crippen molar-refractivity contribution in [3.05, 3.63) is 35.4 Å². The maximum atomic E-state index is 10.5. The Balaban J connectivity index is 3.13. The van der Waals surface area contributed by atoms with Gasteiger partial charge in [-0.05, 0) is 12.1 Å². The molecule has 0 aromatic heterocycles. The first kappa shape index (κ1) is 9.54. The standard InChI is InChI=1S/C8H6ClNO3/c9-7(10-13)5-2-1-3-6(4-5)8(11)12/h1-4,13H,(H,11,12)/b10-7-. The van der Waals surface area contributed by atoms with Crippen LogP contribution in [0.1, 0.15) is 15.9 Å². The molecule has 4 nitrogen and oxygen atoms in total. The van der Waals surface area contributed by atoms with Crippen LogP contribution >= 0.6 is 11.6 Å². The van der Waals surface area contributed by atoms with Gasteiger partial charge in [0.25, 0.3) is 0 Å². The number of carbonyl (C=O) groups is 1. The third-order valence-electron chi connectivity index (χ3n) is 1.44. The largest absolute Gasteiger partial charge is 0.478 e. The molecule has 68 valence electrons. The zero-order valence-corrected chi connectivity index (χ0v) is 7.19. The first-order valence-corrected chi connectivity index (χ1v) is 3.74. The number of aromatic carboxylic acids is 1. The molecule has 1 rings (SSSR count). The van der Waals surface area contributed by atoms with Crippen molar-refractivity contribution < 1.29 is 15.1 Å². The summed E-state index contributed by atoms with van der Waals surface area (Å²) >= 11 is 5.47. The molecule has 0 saturated carbocycles. The average molecular weight is 200 g/mol. The predicted octanol–water partition coefficient (Wildman–Crippen LogP) is 1.76. The Morgan fingerprint density at radius 1 is 1.38 bits per heavy atom. The number of hydrogen-bond acceptors (Lipinski definition) is 3. The maximum absolute atomic E-state index is 10.5. The lowest BCUT2D eigenvalue weighted by molar-refractivity contribution is 0.0697. The molecule has 0 amide bonds. The van der Waals surface area contributed by atoms with Crippen LogP contribution in [0.4, 0.5) is 0 Å². The molecule has 0 fully saturated rings. The number of nitrogens with zero attached hydrogens (tertiary/aromatic N) is 1. The first-order chi connectivity index (χ1) is 6.15. The van der Waals surface area contributed by atoms with Gasteiger partial charge in [0.1, 0.15) is 0 Å². The van der Waals surface area contributed by atoms with Crippen LogP contribution in [0.25, 0.3) is 0 Å². The molecule has 0 saturated heterocycles. The highest BCUT2D eigenvalue weighted by molar-refractivity contribution is 6.69. The van der Waals surface area contributed by atoms with Crippen LogP contribution in [0.2, 0.25) is 0 Å². The smallest absolute Gasteiger partial charge is 0.335 e. The minimum Gasteiger partial charge on any atom is -0.478 e. The number of oxime groups is 1. The zero-order valence-electron chi connectivity index (χ0n) is 6.44. The second-order valence-electron chi connectivity index (χ2n) is 2.28. The van der Waals surface area contributed by atoms with Gasteiger partial charge in [-0.1, -0.05) is 28.9 Å². The molecule has 2 N–H and O–H groups in total. The highest BCUT2D eigenvalue weighted by Gasteiger charge is 2.05. The number of rotatable bonds is 2. The second-order valence-corrected chi connectivity index (χ2v) is 2.63. The van der Waals surface area contributed by atoms with E-state index in [0.29, 0.717) is 5.56 Å². The molecule has 13 heavy (non-hydrogen) atoms. The van der Waals surface area contributed by atoms with Gasteiger partial charge in [0.2, 0.25) is 0 Å². The van der Waals surface area contributed by atoms with Crippen LogP contribution in [-0.4, -0.2) is 21.5 Å². The van der Waals surface area contributed by atoms with Gasteiger partial charge in [-0.25, -0.2) is 4.79 Å². The highest BCUT2D eigenvalue weighted by Crippen LogP contribution is 2.08. The Hall–Kier alpha value is -1.55. The molecule has 5 heteroatoms. The topological polar surface area (TPSA) is 69.9 Å². The van der Waals surface area contributed by atoms with Crippen molar-refractivity contribution in [2.45, 2.75) is 0 Å². The molecule has 0 aliphatic carbocycles. The molecule has 1 aromatic rings. The molecule has 0 aliphatic rings. The molecule has 0 radical (unpaired) electrons. The van der Waals surface area contributed by atoms with E-state index in [9.17, 15) is 4.79 Å². The SMILES string of the molecule is O=C(O)c1cccc(/C(Cl)=N/O)c1. The molecular weight excluding hydrogens is 194 g/mol. The summed E-state index contributed by atoms with van der Waals surface area (Å²) in [5.41, 5.74) is 0.461. The van der Waals surface area contributed by atoms with Crippen molar-refractivity contribution in [3.63, 3.8) is 0 Å². The lowest BCUT2D eigenvalue weighted by Gasteiger charge is -1.97. The Kier molecular flexibility index (Phi) is 2.87. The predicted molar refractivity (Wildman–Crippen MR) is 47.6 cm³/mol. The Labute approximate surface area is 79.1 Å². The lowest BCUT2D eigenvalue weighted by atomic mass is 10.1. The van der Waals surface area contributed by atoms with Crippen molar-refractivity contribution in [1.82, 2.24) is 0 Å². The quantitative estimate of drug-likeness (QED) is 0.433. The van der Waals surface area contributed by atoms with E-state index in [1.165, 1.54) is 18.2 Å². The van der Waals surface area contributed by atoms with Gasteiger partial charge >= 0.3 is 5.97 Å². The fraction of sp³-hybridized carbons (Fsp3) is 0. The Morgan fingerprint density at radius 3 is 2.54 bits per heavy atom. The highest BCUT2D eigenvalue weighted by atomic mass is 35.5. The maximum Gasteiger partial charge on any atom is 0.335 e. The van der Waals surface area contributed by atoms with Crippen LogP contribution in [-0.2, 0) is 0 Å². The number of hydrogen-bond donors (Lipinski definition) is 2. The minimum absolute atomic E-state index is 0.0966. The van der Waals surface area contributed by atoms with E-state index < -0.39 is 5.97 Å².